The lowest BCUT2D eigenvalue weighted by Crippen LogP contribution is -2.41. The molecule has 0 saturated carbocycles. The van der Waals surface area contributed by atoms with Crippen molar-refractivity contribution in [2.75, 3.05) is 25.2 Å². The zero-order valence-corrected chi connectivity index (χ0v) is 14.4. The molecule has 0 bridgehead atoms. The van der Waals surface area contributed by atoms with E-state index >= 15 is 0 Å². The number of hydrogen-bond acceptors (Lipinski definition) is 5. The third-order valence-electron chi connectivity index (χ3n) is 4.43. The first-order chi connectivity index (χ1) is 12.1. The van der Waals surface area contributed by atoms with E-state index in [9.17, 15) is 4.79 Å². The van der Waals surface area contributed by atoms with Crippen LogP contribution < -0.4 is 15.1 Å². The predicted molar refractivity (Wildman–Crippen MR) is 94.2 cm³/mol. The van der Waals surface area contributed by atoms with Gasteiger partial charge in [-0.15, -0.1) is 0 Å². The Bertz CT molecular complexity index is 763. The molecule has 25 heavy (non-hydrogen) atoms. The number of nitrogens with zero attached hydrogens (tertiary/aromatic N) is 1. The fraction of sp³-hybridized carbons (Fsp3) is 0.316. The van der Waals surface area contributed by atoms with E-state index in [0.29, 0.717) is 31.1 Å². The summed E-state index contributed by atoms with van der Waals surface area (Å²) >= 11 is 0. The van der Waals surface area contributed by atoms with Crippen molar-refractivity contribution < 1.29 is 19.5 Å². The van der Waals surface area contributed by atoms with E-state index in [1.54, 1.807) is 24.7 Å². The molecule has 1 heterocycles. The Balaban J connectivity index is 1.98. The van der Waals surface area contributed by atoms with Crippen LogP contribution in [0.2, 0.25) is 0 Å². The molecule has 6 heteroatoms. The summed E-state index contributed by atoms with van der Waals surface area (Å²) < 4.78 is 11.3. The Morgan fingerprint density at radius 3 is 2.88 bits per heavy atom. The number of hydrogen-bond donors (Lipinski definition) is 2. The number of para-hydroxylation sites is 1. The van der Waals surface area contributed by atoms with Crippen molar-refractivity contribution in [3.63, 3.8) is 0 Å². The van der Waals surface area contributed by atoms with Crippen LogP contribution in [0.5, 0.6) is 5.75 Å². The van der Waals surface area contributed by atoms with E-state index in [0.717, 1.165) is 11.3 Å². The van der Waals surface area contributed by atoms with Gasteiger partial charge in [0.1, 0.15) is 12.4 Å². The average Bonchev–Trinajstić information content (AvgIpc) is 2.81. The molecule has 0 fully saturated rings. The number of nitrogens with one attached hydrogen (secondary N) is 1. The number of benzene rings is 2. The van der Waals surface area contributed by atoms with E-state index in [2.05, 4.69) is 24.0 Å². The topological polar surface area (TPSA) is 71.0 Å². The fourth-order valence-electron chi connectivity index (χ4n) is 3.11. The van der Waals surface area contributed by atoms with Gasteiger partial charge in [-0.3, -0.25) is 10.0 Å². The average molecular weight is 342 g/mol. The first kappa shape index (κ1) is 17.3. The number of aryl methyl sites for hydroxylation is 1. The van der Waals surface area contributed by atoms with Gasteiger partial charge in [0, 0.05) is 30.5 Å². The molecule has 1 amide bonds. The van der Waals surface area contributed by atoms with Gasteiger partial charge in [0.15, 0.2) is 0 Å². The lowest BCUT2D eigenvalue weighted by molar-refractivity contribution is 0.0706. The number of anilines is 1. The third-order valence-corrected chi connectivity index (χ3v) is 4.43. The van der Waals surface area contributed by atoms with Gasteiger partial charge in [-0.25, -0.2) is 5.48 Å². The SMILES string of the molecule is COCC1COc2cc(C(=O)NO)ccc2CN1c1ccccc1C. The molecule has 2 N–H and O–H groups in total. The van der Waals surface area contributed by atoms with Crippen LogP contribution in [0.3, 0.4) is 0 Å². The van der Waals surface area contributed by atoms with Crippen LogP contribution in [0.4, 0.5) is 5.69 Å². The summed E-state index contributed by atoms with van der Waals surface area (Å²) in [7, 11) is 1.68. The van der Waals surface area contributed by atoms with Gasteiger partial charge in [-0.1, -0.05) is 24.3 Å². The molecule has 0 saturated heterocycles. The normalized spacial score (nSPS) is 16.6. The molecule has 0 spiro atoms. The second-order valence-corrected chi connectivity index (χ2v) is 6.10. The first-order valence-electron chi connectivity index (χ1n) is 8.15. The highest BCUT2D eigenvalue weighted by Gasteiger charge is 2.26. The van der Waals surface area contributed by atoms with Crippen LogP contribution >= 0.6 is 0 Å². The minimum absolute atomic E-state index is 0.0496. The molecule has 6 nitrogen and oxygen atoms in total. The van der Waals surface area contributed by atoms with Crippen molar-refractivity contribution in [1.82, 2.24) is 5.48 Å². The van der Waals surface area contributed by atoms with E-state index in [1.165, 1.54) is 5.56 Å². The summed E-state index contributed by atoms with van der Waals surface area (Å²) in [5.41, 5.74) is 5.31. The number of amides is 1. The van der Waals surface area contributed by atoms with E-state index in [1.807, 2.05) is 18.2 Å². The highest BCUT2D eigenvalue weighted by molar-refractivity contribution is 5.93. The van der Waals surface area contributed by atoms with Gasteiger partial charge < -0.3 is 14.4 Å². The van der Waals surface area contributed by atoms with Gasteiger partial charge in [-0.2, -0.15) is 0 Å². The number of rotatable bonds is 4. The van der Waals surface area contributed by atoms with Crippen LogP contribution in [0, 0.1) is 6.92 Å². The lowest BCUT2D eigenvalue weighted by atomic mass is 10.1. The monoisotopic (exact) mass is 342 g/mol. The fourth-order valence-corrected chi connectivity index (χ4v) is 3.11. The Hall–Kier alpha value is -2.57. The highest BCUT2D eigenvalue weighted by atomic mass is 16.5. The molecule has 0 radical (unpaired) electrons. The minimum atomic E-state index is -0.556. The zero-order chi connectivity index (χ0) is 17.8. The quantitative estimate of drug-likeness (QED) is 0.660. The molecular weight excluding hydrogens is 320 g/mol. The molecule has 1 aliphatic heterocycles. The standard InChI is InChI=1S/C19H22N2O4/c1-13-5-3-4-6-17(13)21-10-15-8-7-14(19(22)20-23)9-18(15)25-12-16(21)11-24-2/h3-9,16,23H,10-12H2,1-2H3,(H,20,22). The summed E-state index contributed by atoms with van der Waals surface area (Å²) in [6.07, 6.45) is 0. The maximum Gasteiger partial charge on any atom is 0.274 e. The molecule has 0 aliphatic carbocycles. The highest BCUT2D eigenvalue weighted by Crippen LogP contribution is 2.31. The van der Waals surface area contributed by atoms with Crippen molar-refractivity contribution >= 4 is 11.6 Å². The summed E-state index contributed by atoms with van der Waals surface area (Å²) in [4.78, 5) is 13.9. The van der Waals surface area contributed by atoms with Crippen molar-refractivity contribution in [3.05, 3.63) is 59.2 Å². The van der Waals surface area contributed by atoms with Crippen LogP contribution in [0.15, 0.2) is 42.5 Å². The molecule has 1 unspecified atom stereocenters. The van der Waals surface area contributed by atoms with Crippen LogP contribution in [0.1, 0.15) is 21.5 Å². The molecule has 1 aliphatic rings. The molecule has 3 rings (SSSR count). The Morgan fingerprint density at radius 1 is 1.36 bits per heavy atom. The minimum Gasteiger partial charge on any atom is -0.491 e. The Labute approximate surface area is 146 Å². The third kappa shape index (κ3) is 3.60. The molecular formula is C19H22N2O4. The van der Waals surface area contributed by atoms with Crippen LogP contribution in [-0.4, -0.2) is 37.5 Å². The van der Waals surface area contributed by atoms with Gasteiger partial charge in [-0.05, 0) is 30.7 Å². The van der Waals surface area contributed by atoms with Crippen molar-refractivity contribution in [3.8, 4) is 5.75 Å². The van der Waals surface area contributed by atoms with E-state index < -0.39 is 5.91 Å². The molecule has 2 aromatic rings. The number of carbonyl (C=O) groups excluding carboxylic acids is 1. The second-order valence-electron chi connectivity index (χ2n) is 6.10. The first-order valence-corrected chi connectivity index (χ1v) is 8.15. The van der Waals surface area contributed by atoms with Crippen molar-refractivity contribution in [1.29, 1.82) is 0 Å². The maximum atomic E-state index is 11.6. The smallest absolute Gasteiger partial charge is 0.274 e. The maximum absolute atomic E-state index is 11.6. The van der Waals surface area contributed by atoms with Gasteiger partial charge in [0.25, 0.3) is 5.91 Å². The summed E-state index contributed by atoms with van der Waals surface area (Å²) in [5, 5.41) is 8.82. The number of hydroxylamine groups is 1. The van der Waals surface area contributed by atoms with Crippen LogP contribution in [-0.2, 0) is 11.3 Å². The zero-order valence-electron chi connectivity index (χ0n) is 14.4. The van der Waals surface area contributed by atoms with Gasteiger partial charge >= 0.3 is 0 Å². The lowest BCUT2D eigenvalue weighted by Gasteiger charge is -2.32. The van der Waals surface area contributed by atoms with Gasteiger partial charge in [0.05, 0.1) is 12.6 Å². The Morgan fingerprint density at radius 2 is 2.16 bits per heavy atom. The summed E-state index contributed by atoms with van der Waals surface area (Å²) in [5.74, 6) is 0.0955. The summed E-state index contributed by atoms with van der Waals surface area (Å²) in [6, 6.07) is 13.5. The van der Waals surface area contributed by atoms with Crippen LogP contribution in [0.25, 0.3) is 0 Å². The Kier molecular flexibility index (Phi) is 5.21. The second kappa shape index (κ2) is 7.55. The number of carbonyl (C=O) groups is 1. The molecule has 0 aromatic heterocycles. The number of methoxy groups -OCH3 is 1. The molecule has 2 aromatic carbocycles. The van der Waals surface area contributed by atoms with Crippen molar-refractivity contribution in [2.24, 2.45) is 0 Å². The predicted octanol–water partition coefficient (Wildman–Crippen LogP) is 2.53. The van der Waals surface area contributed by atoms with E-state index in [-0.39, 0.29) is 6.04 Å². The van der Waals surface area contributed by atoms with Gasteiger partial charge in [0.2, 0.25) is 0 Å². The molecule has 132 valence electrons. The number of ether oxygens (including phenoxy) is 2. The van der Waals surface area contributed by atoms with Crippen molar-refractivity contribution in [2.45, 2.75) is 19.5 Å². The number of fused-ring (bicyclic) bond motifs is 1. The largest absolute Gasteiger partial charge is 0.491 e. The summed E-state index contributed by atoms with van der Waals surface area (Å²) in [6.45, 7) is 3.71. The molecule has 1 atom stereocenters. The van der Waals surface area contributed by atoms with E-state index in [4.69, 9.17) is 14.7 Å².